The van der Waals surface area contributed by atoms with Crippen molar-refractivity contribution in [2.45, 2.75) is 57.4 Å². The van der Waals surface area contributed by atoms with Gasteiger partial charge in [0.25, 0.3) is 0 Å². The maximum absolute atomic E-state index is 12.3. The first-order valence-corrected chi connectivity index (χ1v) is 8.67. The minimum absolute atomic E-state index is 0. The van der Waals surface area contributed by atoms with E-state index in [1.807, 2.05) is 0 Å². The fourth-order valence-corrected chi connectivity index (χ4v) is 4.04. The van der Waals surface area contributed by atoms with E-state index in [1.165, 1.54) is 25.7 Å². The summed E-state index contributed by atoms with van der Waals surface area (Å²) < 4.78 is 0. The lowest BCUT2D eigenvalue weighted by atomic mass is 9.75. The zero-order valence-electron chi connectivity index (χ0n) is 14.9. The Kier molecular flexibility index (Phi) is 10.7. The largest absolute Gasteiger partial charge is 0.354 e. The molecule has 0 aromatic heterocycles. The van der Waals surface area contributed by atoms with Crippen molar-refractivity contribution in [1.82, 2.24) is 15.5 Å². The molecule has 2 atom stereocenters. The van der Waals surface area contributed by atoms with Crippen molar-refractivity contribution in [2.75, 3.05) is 33.7 Å². The number of piperidine rings is 1. The van der Waals surface area contributed by atoms with Crippen LogP contribution in [0.25, 0.3) is 0 Å². The number of nitrogens with one attached hydrogen (secondary N) is 2. The van der Waals surface area contributed by atoms with Gasteiger partial charge in [-0.25, -0.2) is 0 Å². The molecule has 2 unspecified atom stereocenters. The summed E-state index contributed by atoms with van der Waals surface area (Å²) in [6.45, 7) is 5.29. The fourth-order valence-electron chi connectivity index (χ4n) is 4.04. The highest BCUT2D eigenvalue weighted by atomic mass is 35.5. The van der Waals surface area contributed by atoms with Crippen LogP contribution in [0.4, 0.5) is 0 Å². The molecule has 0 aromatic rings. The SMILES string of the molecule is CC1CCCC(CNC(=O)CC2CCNCC2)(N(C)C)C1.Cl.Cl. The van der Waals surface area contributed by atoms with E-state index >= 15 is 0 Å². The second-order valence-electron chi connectivity index (χ2n) is 7.49. The van der Waals surface area contributed by atoms with Gasteiger partial charge in [-0.1, -0.05) is 19.8 Å². The van der Waals surface area contributed by atoms with Gasteiger partial charge in [-0.05, 0) is 64.7 Å². The van der Waals surface area contributed by atoms with Crippen molar-refractivity contribution in [3.05, 3.63) is 0 Å². The van der Waals surface area contributed by atoms with Crippen LogP contribution in [0.1, 0.15) is 51.9 Å². The molecule has 2 aliphatic rings. The average Bonchev–Trinajstić information content (AvgIpc) is 2.46. The zero-order chi connectivity index (χ0) is 15.3. The number of carbonyl (C=O) groups excluding carboxylic acids is 1. The highest BCUT2D eigenvalue weighted by Gasteiger charge is 2.37. The van der Waals surface area contributed by atoms with E-state index in [2.05, 4.69) is 36.6 Å². The summed E-state index contributed by atoms with van der Waals surface area (Å²) in [6, 6.07) is 0. The molecule has 1 aliphatic heterocycles. The summed E-state index contributed by atoms with van der Waals surface area (Å²) in [5.41, 5.74) is 0.168. The standard InChI is InChI=1S/C17H33N3O.2ClH/c1-14-5-4-8-17(12-14,20(2)3)13-19-16(21)11-15-6-9-18-10-7-15;;/h14-15,18H,4-13H2,1-3H3,(H,19,21);2*1H. The molecule has 23 heavy (non-hydrogen) atoms. The van der Waals surface area contributed by atoms with Crippen LogP contribution in [0.5, 0.6) is 0 Å². The number of hydrogen-bond acceptors (Lipinski definition) is 3. The van der Waals surface area contributed by atoms with Crippen molar-refractivity contribution in [3.63, 3.8) is 0 Å². The van der Waals surface area contributed by atoms with Crippen molar-refractivity contribution in [2.24, 2.45) is 11.8 Å². The van der Waals surface area contributed by atoms with Crippen LogP contribution in [0.15, 0.2) is 0 Å². The Labute approximate surface area is 154 Å². The first-order chi connectivity index (χ1) is 10.0. The van der Waals surface area contributed by atoms with Gasteiger partial charge in [-0.2, -0.15) is 0 Å². The first kappa shape index (κ1) is 23.0. The number of nitrogens with zero attached hydrogens (tertiary/aromatic N) is 1. The fraction of sp³-hybridized carbons (Fsp3) is 0.941. The third kappa shape index (κ3) is 6.77. The van der Waals surface area contributed by atoms with E-state index in [1.54, 1.807) is 0 Å². The Morgan fingerprint density at radius 2 is 1.87 bits per heavy atom. The quantitative estimate of drug-likeness (QED) is 0.784. The minimum Gasteiger partial charge on any atom is -0.354 e. The Bertz CT molecular complexity index is 349. The van der Waals surface area contributed by atoms with Crippen molar-refractivity contribution in [1.29, 1.82) is 0 Å². The first-order valence-electron chi connectivity index (χ1n) is 8.67. The average molecular weight is 368 g/mol. The van der Waals surface area contributed by atoms with Crippen molar-refractivity contribution in [3.8, 4) is 0 Å². The molecule has 1 aliphatic carbocycles. The molecule has 138 valence electrons. The number of halogens is 2. The molecule has 0 spiro atoms. The molecule has 0 bridgehead atoms. The predicted molar refractivity (Wildman–Crippen MR) is 102 cm³/mol. The summed E-state index contributed by atoms with van der Waals surface area (Å²) in [5, 5.41) is 6.60. The highest BCUT2D eigenvalue weighted by Crippen LogP contribution is 2.35. The van der Waals surface area contributed by atoms with E-state index in [4.69, 9.17) is 0 Å². The van der Waals surface area contributed by atoms with Gasteiger partial charge < -0.3 is 15.5 Å². The van der Waals surface area contributed by atoms with Crippen LogP contribution in [0, 0.1) is 11.8 Å². The summed E-state index contributed by atoms with van der Waals surface area (Å²) >= 11 is 0. The Hall–Kier alpha value is -0.0300. The van der Waals surface area contributed by atoms with Crippen LogP contribution >= 0.6 is 24.8 Å². The molecule has 2 fully saturated rings. The third-order valence-electron chi connectivity index (χ3n) is 5.56. The van der Waals surface area contributed by atoms with E-state index in [0.717, 1.165) is 38.4 Å². The van der Waals surface area contributed by atoms with Crippen LogP contribution in [-0.2, 0) is 4.79 Å². The normalized spacial score (nSPS) is 28.6. The molecule has 1 amide bonds. The van der Waals surface area contributed by atoms with Crippen LogP contribution in [-0.4, -0.2) is 50.1 Å². The van der Waals surface area contributed by atoms with Gasteiger partial charge >= 0.3 is 0 Å². The molecular formula is C17H35Cl2N3O. The van der Waals surface area contributed by atoms with E-state index in [9.17, 15) is 4.79 Å². The molecular weight excluding hydrogens is 333 g/mol. The predicted octanol–water partition coefficient (Wildman–Crippen LogP) is 2.85. The van der Waals surface area contributed by atoms with Gasteiger partial charge in [0, 0.05) is 18.5 Å². The Morgan fingerprint density at radius 1 is 1.22 bits per heavy atom. The summed E-state index contributed by atoms with van der Waals surface area (Å²) in [5.74, 6) is 1.59. The topological polar surface area (TPSA) is 44.4 Å². The summed E-state index contributed by atoms with van der Waals surface area (Å²) in [4.78, 5) is 14.6. The summed E-state index contributed by atoms with van der Waals surface area (Å²) in [6.07, 6.45) is 8.01. The van der Waals surface area contributed by atoms with E-state index in [0.29, 0.717) is 12.3 Å². The molecule has 1 heterocycles. The molecule has 0 aromatic carbocycles. The molecule has 6 heteroatoms. The second-order valence-corrected chi connectivity index (χ2v) is 7.49. The lowest BCUT2D eigenvalue weighted by Gasteiger charge is -2.45. The zero-order valence-corrected chi connectivity index (χ0v) is 16.5. The molecule has 1 saturated heterocycles. The van der Waals surface area contributed by atoms with Crippen LogP contribution in [0.2, 0.25) is 0 Å². The number of hydrogen-bond donors (Lipinski definition) is 2. The highest BCUT2D eigenvalue weighted by molar-refractivity contribution is 5.85. The molecule has 4 nitrogen and oxygen atoms in total. The van der Waals surface area contributed by atoms with Gasteiger partial charge in [-0.3, -0.25) is 4.79 Å². The molecule has 0 radical (unpaired) electrons. The smallest absolute Gasteiger partial charge is 0.220 e. The van der Waals surface area contributed by atoms with Crippen molar-refractivity contribution < 1.29 is 4.79 Å². The third-order valence-corrected chi connectivity index (χ3v) is 5.56. The van der Waals surface area contributed by atoms with Gasteiger partial charge in [0.15, 0.2) is 0 Å². The monoisotopic (exact) mass is 367 g/mol. The van der Waals surface area contributed by atoms with Crippen LogP contribution in [0.3, 0.4) is 0 Å². The Balaban J connectivity index is 0.00000242. The minimum atomic E-state index is 0. The van der Waals surface area contributed by atoms with Gasteiger partial charge in [0.2, 0.25) is 5.91 Å². The molecule has 2 rings (SSSR count). The number of amides is 1. The number of likely N-dealkylation sites (N-methyl/N-ethyl adjacent to an activating group) is 1. The van der Waals surface area contributed by atoms with E-state index in [-0.39, 0.29) is 36.3 Å². The maximum Gasteiger partial charge on any atom is 0.220 e. The Morgan fingerprint density at radius 3 is 2.43 bits per heavy atom. The van der Waals surface area contributed by atoms with E-state index < -0.39 is 0 Å². The number of rotatable bonds is 5. The van der Waals surface area contributed by atoms with Crippen LogP contribution < -0.4 is 10.6 Å². The van der Waals surface area contributed by atoms with Gasteiger partial charge in [-0.15, -0.1) is 24.8 Å². The second kappa shape index (κ2) is 10.8. The van der Waals surface area contributed by atoms with Crippen molar-refractivity contribution >= 4 is 30.7 Å². The molecule has 1 saturated carbocycles. The maximum atomic E-state index is 12.3. The lowest BCUT2D eigenvalue weighted by molar-refractivity contribution is -0.123. The van der Waals surface area contributed by atoms with Gasteiger partial charge in [0.05, 0.1) is 0 Å². The molecule has 2 N–H and O–H groups in total. The lowest BCUT2D eigenvalue weighted by Crippen LogP contribution is -2.55. The summed E-state index contributed by atoms with van der Waals surface area (Å²) in [7, 11) is 4.33. The number of carbonyl (C=O) groups is 1. The van der Waals surface area contributed by atoms with Gasteiger partial charge in [0.1, 0.15) is 0 Å².